The maximum atomic E-state index is 13.2. The van der Waals surface area contributed by atoms with Gasteiger partial charge < -0.3 is 16.4 Å². The van der Waals surface area contributed by atoms with E-state index in [1.54, 1.807) is 18.3 Å². The summed E-state index contributed by atoms with van der Waals surface area (Å²) in [5, 5.41) is 6.89. The SMILES string of the molecule is CCC(=O)NC(Cc1nc2ccc(C(C)C)cc2s1)C(=O)N[C@@H](CN)C1CCCCC1. The third-order valence-corrected chi connectivity index (χ3v) is 7.32. The van der Waals surface area contributed by atoms with Crippen LogP contribution in [0.4, 0.5) is 0 Å². The van der Waals surface area contributed by atoms with E-state index in [1.165, 1.54) is 24.8 Å². The molecule has 1 aromatic carbocycles. The molecular weight excluding hydrogens is 408 g/mol. The predicted octanol–water partition coefficient (Wildman–Crippen LogP) is 3.88. The Morgan fingerprint density at radius 1 is 1.19 bits per heavy atom. The molecule has 6 nitrogen and oxygen atoms in total. The van der Waals surface area contributed by atoms with Gasteiger partial charge in [0.15, 0.2) is 0 Å². The minimum Gasteiger partial charge on any atom is -0.350 e. The molecule has 1 aromatic heterocycles. The van der Waals surface area contributed by atoms with Gasteiger partial charge in [-0.2, -0.15) is 0 Å². The molecule has 1 aliphatic rings. The van der Waals surface area contributed by atoms with Crippen molar-refractivity contribution in [2.75, 3.05) is 6.54 Å². The number of aromatic nitrogens is 1. The van der Waals surface area contributed by atoms with Crippen LogP contribution in [-0.4, -0.2) is 35.4 Å². The molecule has 2 aromatic rings. The van der Waals surface area contributed by atoms with Crippen molar-refractivity contribution in [3.8, 4) is 0 Å². The molecule has 1 fully saturated rings. The largest absolute Gasteiger partial charge is 0.350 e. The summed E-state index contributed by atoms with van der Waals surface area (Å²) in [5.41, 5.74) is 8.22. The Morgan fingerprint density at radius 2 is 1.94 bits per heavy atom. The molecule has 1 saturated carbocycles. The molecular formula is C24H36N4O2S. The second-order valence-corrected chi connectivity index (χ2v) is 10.0. The average Bonchev–Trinajstić information content (AvgIpc) is 3.18. The number of rotatable bonds is 9. The first-order valence-corrected chi connectivity index (χ1v) is 12.4. The van der Waals surface area contributed by atoms with Gasteiger partial charge in [-0.25, -0.2) is 4.98 Å². The maximum Gasteiger partial charge on any atom is 0.243 e. The van der Waals surface area contributed by atoms with Crippen LogP contribution in [0.15, 0.2) is 18.2 Å². The van der Waals surface area contributed by atoms with Gasteiger partial charge >= 0.3 is 0 Å². The molecule has 1 aliphatic carbocycles. The topological polar surface area (TPSA) is 97.1 Å². The Morgan fingerprint density at radius 3 is 2.58 bits per heavy atom. The van der Waals surface area contributed by atoms with Crippen LogP contribution in [0.3, 0.4) is 0 Å². The quantitative estimate of drug-likeness (QED) is 0.547. The van der Waals surface area contributed by atoms with Gasteiger partial charge in [0, 0.05) is 25.4 Å². The number of nitrogens with two attached hydrogens (primary N) is 1. The third-order valence-electron chi connectivity index (χ3n) is 6.28. The zero-order valence-corrected chi connectivity index (χ0v) is 19.8. The summed E-state index contributed by atoms with van der Waals surface area (Å²) in [6.07, 6.45) is 6.57. The molecule has 2 amide bonds. The van der Waals surface area contributed by atoms with Crippen LogP contribution >= 0.6 is 11.3 Å². The zero-order chi connectivity index (χ0) is 22.4. The van der Waals surface area contributed by atoms with Gasteiger partial charge in [0.25, 0.3) is 0 Å². The van der Waals surface area contributed by atoms with Crippen molar-refractivity contribution in [2.45, 2.75) is 83.7 Å². The molecule has 3 rings (SSSR count). The maximum absolute atomic E-state index is 13.2. The molecule has 0 spiro atoms. The average molecular weight is 445 g/mol. The second-order valence-electron chi connectivity index (χ2n) is 8.92. The lowest BCUT2D eigenvalue weighted by Crippen LogP contribution is -2.54. The lowest BCUT2D eigenvalue weighted by molar-refractivity contribution is -0.129. The number of fused-ring (bicyclic) bond motifs is 1. The highest BCUT2D eigenvalue weighted by Gasteiger charge is 2.28. The van der Waals surface area contributed by atoms with Gasteiger partial charge in [0.2, 0.25) is 11.8 Å². The number of carbonyl (C=O) groups is 2. The van der Waals surface area contributed by atoms with E-state index in [0.29, 0.717) is 31.2 Å². The first kappa shape index (κ1) is 23.7. The van der Waals surface area contributed by atoms with Gasteiger partial charge in [-0.15, -0.1) is 11.3 Å². The molecule has 4 N–H and O–H groups in total. The Hall–Kier alpha value is -1.99. The Labute approximate surface area is 189 Å². The van der Waals surface area contributed by atoms with Crippen LogP contribution in [0.5, 0.6) is 0 Å². The van der Waals surface area contributed by atoms with Crippen LogP contribution in [0.25, 0.3) is 10.2 Å². The summed E-state index contributed by atoms with van der Waals surface area (Å²) in [6, 6.07) is 5.63. The van der Waals surface area contributed by atoms with Crippen molar-refractivity contribution in [1.29, 1.82) is 0 Å². The Balaban J connectivity index is 1.75. The van der Waals surface area contributed by atoms with E-state index >= 15 is 0 Å². The second kappa shape index (κ2) is 11.0. The first-order chi connectivity index (χ1) is 14.9. The fourth-order valence-electron chi connectivity index (χ4n) is 4.30. The lowest BCUT2D eigenvalue weighted by atomic mass is 9.84. The number of hydrogen-bond donors (Lipinski definition) is 3. The number of benzene rings is 1. The van der Waals surface area contributed by atoms with Crippen LogP contribution in [0.2, 0.25) is 0 Å². The predicted molar refractivity (Wildman–Crippen MR) is 127 cm³/mol. The van der Waals surface area contributed by atoms with Crippen LogP contribution in [0.1, 0.15) is 75.8 Å². The normalized spacial score (nSPS) is 16.9. The standard InChI is InChI=1S/C24H36N4O2S/c1-4-22(29)26-19(24(30)28-20(14-25)16-8-6-5-7-9-16)13-23-27-18-11-10-17(15(2)3)12-21(18)31-23/h10-12,15-16,19-20H,4-9,13-14,25H2,1-3H3,(H,26,29)(H,28,30)/t19?,20-/m0/s1. The first-order valence-electron chi connectivity index (χ1n) is 11.6. The fourth-order valence-corrected chi connectivity index (χ4v) is 5.37. The number of hydrogen-bond acceptors (Lipinski definition) is 5. The van der Waals surface area contributed by atoms with E-state index in [1.807, 2.05) is 6.07 Å². The highest BCUT2D eigenvalue weighted by atomic mass is 32.1. The summed E-state index contributed by atoms with van der Waals surface area (Å²) < 4.78 is 1.12. The van der Waals surface area contributed by atoms with Crippen LogP contribution in [-0.2, 0) is 16.0 Å². The number of nitrogens with one attached hydrogen (secondary N) is 2. The van der Waals surface area contributed by atoms with E-state index in [2.05, 4.69) is 36.6 Å². The zero-order valence-electron chi connectivity index (χ0n) is 18.9. The third kappa shape index (κ3) is 6.26. The molecule has 0 bridgehead atoms. The van der Waals surface area contributed by atoms with Crippen LogP contribution < -0.4 is 16.4 Å². The fraction of sp³-hybridized carbons (Fsp3) is 0.625. The van der Waals surface area contributed by atoms with E-state index < -0.39 is 6.04 Å². The number of nitrogens with zero attached hydrogens (tertiary/aromatic N) is 1. The molecule has 0 saturated heterocycles. The summed E-state index contributed by atoms with van der Waals surface area (Å²) in [5.74, 6) is 0.572. The number of thiazole rings is 1. The van der Waals surface area contributed by atoms with Crippen molar-refractivity contribution in [1.82, 2.24) is 15.6 Å². The minimum atomic E-state index is -0.643. The molecule has 170 valence electrons. The lowest BCUT2D eigenvalue weighted by Gasteiger charge is -2.31. The molecule has 1 heterocycles. The summed E-state index contributed by atoms with van der Waals surface area (Å²) >= 11 is 1.59. The molecule has 0 aliphatic heterocycles. The van der Waals surface area contributed by atoms with E-state index in [0.717, 1.165) is 28.1 Å². The highest BCUT2D eigenvalue weighted by Crippen LogP contribution is 2.28. The van der Waals surface area contributed by atoms with Gasteiger partial charge in [-0.1, -0.05) is 46.1 Å². The monoisotopic (exact) mass is 444 g/mol. The van der Waals surface area contributed by atoms with Crippen molar-refractivity contribution in [2.24, 2.45) is 11.7 Å². The minimum absolute atomic E-state index is 0.0437. The van der Waals surface area contributed by atoms with E-state index in [9.17, 15) is 9.59 Å². The summed E-state index contributed by atoms with van der Waals surface area (Å²) in [4.78, 5) is 30.0. The molecule has 2 atom stereocenters. The number of amides is 2. The summed E-state index contributed by atoms with van der Waals surface area (Å²) in [7, 11) is 0. The van der Waals surface area contributed by atoms with E-state index in [-0.39, 0.29) is 17.9 Å². The molecule has 0 radical (unpaired) electrons. The Bertz CT molecular complexity index is 889. The van der Waals surface area contributed by atoms with E-state index in [4.69, 9.17) is 10.7 Å². The molecule has 7 heteroatoms. The molecule has 31 heavy (non-hydrogen) atoms. The Kier molecular flexibility index (Phi) is 8.43. The highest BCUT2D eigenvalue weighted by molar-refractivity contribution is 7.18. The van der Waals surface area contributed by atoms with Crippen molar-refractivity contribution >= 4 is 33.4 Å². The van der Waals surface area contributed by atoms with Gasteiger partial charge in [-0.3, -0.25) is 9.59 Å². The van der Waals surface area contributed by atoms with Gasteiger partial charge in [0.1, 0.15) is 6.04 Å². The van der Waals surface area contributed by atoms with Crippen molar-refractivity contribution in [3.63, 3.8) is 0 Å². The van der Waals surface area contributed by atoms with Crippen molar-refractivity contribution < 1.29 is 9.59 Å². The van der Waals surface area contributed by atoms with Crippen molar-refractivity contribution in [3.05, 3.63) is 28.8 Å². The summed E-state index contributed by atoms with van der Waals surface area (Å²) in [6.45, 7) is 6.55. The smallest absolute Gasteiger partial charge is 0.243 e. The molecule has 1 unspecified atom stereocenters. The van der Waals surface area contributed by atoms with Crippen LogP contribution in [0, 0.1) is 5.92 Å². The van der Waals surface area contributed by atoms with Gasteiger partial charge in [0.05, 0.1) is 15.2 Å². The van der Waals surface area contributed by atoms with Gasteiger partial charge in [-0.05, 0) is 42.4 Å². The number of carbonyl (C=O) groups excluding carboxylic acids is 2.